The summed E-state index contributed by atoms with van der Waals surface area (Å²) in [4.78, 5) is 4.60. The van der Waals surface area contributed by atoms with E-state index in [4.69, 9.17) is 9.47 Å². The van der Waals surface area contributed by atoms with E-state index >= 15 is 0 Å². The molecule has 1 aromatic heterocycles. The summed E-state index contributed by atoms with van der Waals surface area (Å²) >= 11 is 0. The number of hydrogen-bond acceptors (Lipinski definition) is 4. The van der Waals surface area contributed by atoms with Crippen LogP contribution in [0.25, 0.3) is 10.9 Å². The van der Waals surface area contributed by atoms with Gasteiger partial charge in [0.2, 0.25) is 0 Å². The number of nitrogens with zero attached hydrogens (tertiary/aromatic N) is 1. The molecule has 0 saturated carbocycles. The van der Waals surface area contributed by atoms with E-state index in [1.165, 1.54) is 0 Å². The molecule has 2 rings (SSSR count). The molecule has 0 unspecified atom stereocenters. The van der Waals surface area contributed by atoms with Crippen molar-refractivity contribution in [3.63, 3.8) is 0 Å². The fraction of sp³-hybridized carbons (Fsp3) is 0.357. The lowest BCUT2D eigenvalue weighted by molar-refractivity contribution is 0.356. The highest BCUT2D eigenvalue weighted by Gasteiger charge is 2.09. The van der Waals surface area contributed by atoms with Crippen molar-refractivity contribution >= 4 is 16.7 Å². The zero-order chi connectivity index (χ0) is 13.1. The number of rotatable bonds is 4. The minimum absolute atomic E-state index is 0.698. The third-order valence-electron chi connectivity index (χ3n) is 2.85. The summed E-state index contributed by atoms with van der Waals surface area (Å²) in [5, 5.41) is 4.30. The molecule has 0 amide bonds. The van der Waals surface area contributed by atoms with Crippen LogP contribution < -0.4 is 14.8 Å². The van der Waals surface area contributed by atoms with Gasteiger partial charge in [0.1, 0.15) is 5.82 Å². The van der Waals surface area contributed by atoms with Crippen molar-refractivity contribution in [1.82, 2.24) is 4.98 Å². The van der Waals surface area contributed by atoms with E-state index in [0.29, 0.717) is 5.75 Å². The summed E-state index contributed by atoms with van der Waals surface area (Å²) in [6.07, 6.45) is 0. The molecule has 0 aliphatic rings. The monoisotopic (exact) mass is 246 g/mol. The number of fused-ring (bicyclic) bond motifs is 1. The smallest absolute Gasteiger partial charge is 0.162 e. The van der Waals surface area contributed by atoms with Gasteiger partial charge in [0.05, 0.1) is 19.7 Å². The van der Waals surface area contributed by atoms with Gasteiger partial charge in [-0.15, -0.1) is 0 Å². The van der Waals surface area contributed by atoms with Crippen molar-refractivity contribution in [2.45, 2.75) is 13.8 Å². The lowest BCUT2D eigenvalue weighted by Gasteiger charge is -2.11. The standard InChI is InChI=1S/C14H18N2O2/c1-5-15-14-9(2)6-10-7-12(17-3)13(18-4)8-11(10)16-14/h6-8H,5H2,1-4H3,(H,15,16). The number of hydrogen-bond donors (Lipinski definition) is 1. The van der Waals surface area contributed by atoms with Crippen LogP contribution in [0.2, 0.25) is 0 Å². The van der Waals surface area contributed by atoms with Gasteiger partial charge in [-0.05, 0) is 31.5 Å². The second kappa shape index (κ2) is 5.12. The van der Waals surface area contributed by atoms with Gasteiger partial charge in [0.25, 0.3) is 0 Å². The molecule has 0 radical (unpaired) electrons. The molecule has 1 N–H and O–H groups in total. The van der Waals surface area contributed by atoms with Gasteiger partial charge in [0, 0.05) is 18.0 Å². The van der Waals surface area contributed by atoms with Crippen LogP contribution in [0.3, 0.4) is 0 Å². The average Bonchev–Trinajstić information content (AvgIpc) is 2.38. The molecule has 0 saturated heterocycles. The van der Waals surface area contributed by atoms with Crippen molar-refractivity contribution < 1.29 is 9.47 Å². The third kappa shape index (κ3) is 2.18. The van der Waals surface area contributed by atoms with Crippen LogP contribution in [0.15, 0.2) is 18.2 Å². The highest BCUT2D eigenvalue weighted by Crippen LogP contribution is 2.32. The van der Waals surface area contributed by atoms with E-state index in [1.54, 1.807) is 14.2 Å². The van der Waals surface area contributed by atoms with Gasteiger partial charge in [-0.1, -0.05) is 0 Å². The molecule has 0 aliphatic carbocycles. The fourth-order valence-corrected chi connectivity index (χ4v) is 1.95. The van der Waals surface area contributed by atoms with Crippen LogP contribution in [0.1, 0.15) is 12.5 Å². The van der Waals surface area contributed by atoms with E-state index in [-0.39, 0.29) is 0 Å². The maximum atomic E-state index is 5.29. The second-order valence-corrected chi connectivity index (χ2v) is 4.08. The predicted molar refractivity (Wildman–Crippen MR) is 73.7 cm³/mol. The Balaban J connectivity index is 2.62. The highest BCUT2D eigenvalue weighted by atomic mass is 16.5. The van der Waals surface area contributed by atoms with E-state index < -0.39 is 0 Å². The summed E-state index contributed by atoms with van der Waals surface area (Å²) < 4.78 is 10.6. The van der Waals surface area contributed by atoms with Gasteiger partial charge in [-0.3, -0.25) is 0 Å². The SMILES string of the molecule is CCNc1nc2cc(OC)c(OC)cc2cc1C. The van der Waals surface area contributed by atoms with Crippen molar-refractivity contribution in [2.75, 3.05) is 26.1 Å². The number of aryl methyl sites for hydroxylation is 1. The molecular weight excluding hydrogens is 228 g/mol. The number of aromatic nitrogens is 1. The zero-order valence-electron chi connectivity index (χ0n) is 11.2. The number of methoxy groups -OCH3 is 2. The summed E-state index contributed by atoms with van der Waals surface area (Å²) in [6, 6.07) is 5.95. The molecule has 0 fully saturated rings. The average molecular weight is 246 g/mol. The molecule has 4 nitrogen and oxygen atoms in total. The van der Waals surface area contributed by atoms with Gasteiger partial charge >= 0.3 is 0 Å². The summed E-state index contributed by atoms with van der Waals surface area (Å²) in [7, 11) is 3.26. The van der Waals surface area contributed by atoms with E-state index in [2.05, 4.69) is 23.3 Å². The topological polar surface area (TPSA) is 43.4 Å². The van der Waals surface area contributed by atoms with Crippen molar-refractivity contribution in [2.24, 2.45) is 0 Å². The van der Waals surface area contributed by atoms with Crippen molar-refractivity contribution in [3.05, 3.63) is 23.8 Å². The van der Waals surface area contributed by atoms with Crippen LogP contribution in [0.4, 0.5) is 5.82 Å². The van der Waals surface area contributed by atoms with Crippen LogP contribution in [-0.4, -0.2) is 25.7 Å². The third-order valence-corrected chi connectivity index (χ3v) is 2.85. The van der Waals surface area contributed by atoms with Crippen LogP contribution >= 0.6 is 0 Å². The lowest BCUT2D eigenvalue weighted by Crippen LogP contribution is -2.02. The largest absolute Gasteiger partial charge is 0.493 e. The fourth-order valence-electron chi connectivity index (χ4n) is 1.95. The number of ether oxygens (including phenoxy) is 2. The van der Waals surface area contributed by atoms with Crippen LogP contribution in [-0.2, 0) is 0 Å². The second-order valence-electron chi connectivity index (χ2n) is 4.08. The summed E-state index contributed by atoms with van der Waals surface area (Å²) in [5.74, 6) is 2.34. The maximum Gasteiger partial charge on any atom is 0.162 e. The van der Waals surface area contributed by atoms with Crippen LogP contribution in [0.5, 0.6) is 11.5 Å². The maximum absolute atomic E-state index is 5.29. The first-order valence-corrected chi connectivity index (χ1v) is 5.96. The minimum atomic E-state index is 0.698. The number of benzene rings is 1. The molecule has 96 valence electrons. The molecule has 0 bridgehead atoms. The predicted octanol–water partition coefficient (Wildman–Crippen LogP) is 2.99. The zero-order valence-corrected chi connectivity index (χ0v) is 11.2. The summed E-state index contributed by atoms with van der Waals surface area (Å²) in [5.41, 5.74) is 2.02. The van der Waals surface area contributed by atoms with Gasteiger partial charge < -0.3 is 14.8 Å². The Hall–Kier alpha value is -1.97. The van der Waals surface area contributed by atoms with E-state index in [0.717, 1.165) is 34.6 Å². The van der Waals surface area contributed by atoms with Gasteiger partial charge in [0.15, 0.2) is 11.5 Å². The van der Waals surface area contributed by atoms with E-state index in [9.17, 15) is 0 Å². The molecule has 2 aromatic rings. The molecule has 18 heavy (non-hydrogen) atoms. The Labute approximate surface area is 107 Å². The Morgan fingerprint density at radius 1 is 1.11 bits per heavy atom. The highest BCUT2D eigenvalue weighted by molar-refractivity contribution is 5.85. The first-order chi connectivity index (χ1) is 8.69. The molecule has 0 atom stereocenters. The Bertz CT molecular complexity index is 567. The molecule has 1 heterocycles. The Morgan fingerprint density at radius 2 is 1.78 bits per heavy atom. The molecule has 0 spiro atoms. The van der Waals surface area contributed by atoms with Gasteiger partial charge in [-0.25, -0.2) is 4.98 Å². The number of pyridine rings is 1. The molecular formula is C14H18N2O2. The minimum Gasteiger partial charge on any atom is -0.493 e. The van der Waals surface area contributed by atoms with Gasteiger partial charge in [-0.2, -0.15) is 0 Å². The number of anilines is 1. The first kappa shape index (κ1) is 12.5. The first-order valence-electron chi connectivity index (χ1n) is 5.96. The van der Waals surface area contributed by atoms with Crippen molar-refractivity contribution in [3.8, 4) is 11.5 Å². The molecule has 1 aromatic carbocycles. The lowest BCUT2D eigenvalue weighted by atomic mass is 10.1. The Morgan fingerprint density at radius 3 is 2.39 bits per heavy atom. The summed E-state index contributed by atoms with van der Waals surface area (Å²) in [6.45, 7) is 4.95. The normalized spacial score (nSPS) is 10.4. The van der Waals surface area contributed by atoms with E-state index in [1.807, 2.05) is 19.1 Å². The molecule has 0 aliphatic heterocycles. The van der Waals surface area contributed by atoms with Crippen LogP contribution in [0, 0.1) is 6.92 Å². The van der Waals surface area contributed by atoms with Crippen molar-refractivity contribution in [1.29, 1.82) is 0 Å². The molecule has 4 heteroatoms. The quantitative estimate of drug-likeness (QED) is 0.900. The Kier molecular flexibility index (Phi) is 3.55. The number of nitrogens with one attached hydrogen (secondary N) is 1.